The summed E-state index contributed by atoms with van der Waals surface area (Å²) in [5.74, 6) is -1.53. The van der Waals surface area contributed by atoms with Crippen LogP contribution in [0.1, 0.15) is 17.3 Å². The first-order chi connectivity index (χ1) is 12.4. The van der Waals surface area contributed by atoms with Crippen LogP contribution in [0.5, 0.6) is 5.75 Å². The lowest BCUT2D eigenvalue weighted by Crippen LogP contribution is -2.31. The Bertz CT molecular complexity index is 810. The highest BCUT2D eigenvalue weighted by atomic mass is 35.5. The fourth-order valence-electron chi connectivity index (χ4n) is 1.89. The van der Waals surface area contributed by atoms with Crippen molar-refractivity contribution in [3.63, 3.8) is 0 Å². The number of hydrogen-bond acceptors (Lipinski definition) is 5. The molecule has 1 amide bonds. The zero-order valence-corrected chi connectivity index (χ0v) is 14.5. The van der Waals surface area contributed by atoms with Crippen molar-refractivity contribution in [2.45, 2.75) is 13.0 Å². The summed E-state index contributed by atoms with van der Waals surface area (Å²) in [6.07, 6.45) is -0.421. The van der Waals surface area contributed by atoms with Crippen molar-refractivity contribution in [3.8, 4) is 5.75 Å². The number of carbonyl (C=O) groups is 3. The predicted molar refractivity (Wildman–Crippen MR) is 92.9 cm³/mol. The van der Waals surface area contributed by atoms with Gasteiger partial charge in [-0.05, 0) is 49.4 Å². The van der Waals surface area contributed by atoms with Gasteiger partial charge in [0, 0.05) is 5.56 Å². The number of esters is 1. The molecule has 8 heteroatoms. The molecule has 136 valence electrons. The van der Waals surface area contributed by atoms with Gasteiger partial charge < -0.3 is 14.8 Å². The van der Waals surface area contributed by atoms with E-state index in [1.54, 1.807) is 0 Å². The van der Waals surface area contributed by atoms with Gasteiger partial charge in [0.2, 0.25) is 0 Å². The molecule has 6 nitrogen and oxygen atoms in total. The van der Waals surface area contributed by atoms with E-state index < -0.39 is 30.4 Å². The van der Waals surface area contributed by atoms with E-state index in [0.29, 0.717) is 17.6 Å². The topological polar surface area (TPSA) is 81.7 Å². The molecule has 1 N–H and O–H groups in total. The highest BCUT2D eigenvalue weighted by molar-refractivity contribution is 6.33. The summed E-state index contributed by atoms with van der Waals surface area (Å²) in [6.45, 7) is 0.971. The van der Waals surface area contributed by atoms with Crippen molar-refractivity contribution < 1.29 is 28.2 Å². The van der Waals surface area contributed by atoms with Crippen molar-refractivity contribution in [1.29, 1.82) is 0 Å². The number of carbonyl (C=O) groups excluding carboxylic acids is 3. The maximum absolute atomic E-state index is 13.0. The number of nitrogens with one attached hydrogen (secondary N) is 1. The molecule has 1 atom stereocenters. The van der Waals surface area contributed by atoms with Crippen LogP contribution in [0.4, 0.5) is 10.1 Å². The van der Waals surface area contributed by atoms with Crippen molar-refractivity contribution in [2.24, 2.45) is 0 Å². The number of anilines is 1. The van der Waals surface area contributed by atoms with E-state index in [2.05, 4.69) is 5.32 Å². The van der Waals surface area contributed by atoms with E-state index >= 15 is 0 Å². The molecule has 2 aromatic rings. The third-order valence-electron chi connectivity index (χ3n) is 3.24. The van der Waals surface area contributed by atoms with Gasteiger partial charge in [-0.15, -0.1) is 0 Å². The Kier molecular flexibility index (Phi) is 6.68. The molecule has 0 aliphatic heterocycles. The summed E-state index contributed by atoms with van der Waals surface area (Å²) in [5, 5.41) is 2.47. The van der Waals surface area contributed by atoms with E-state index in [9.17, 15) is 18.8 Å². The fraction of sp³-hybridized carbons (Fsp3) is 0.167. The number of halogens is 2. The minimum atomic E-state index is -1.11. The van der Waals surface area contributed by atoms with Crippen LogP contribution in [0.25, 0.3) is 0 Å². The van der Waals surface area contributed by atoms with Crippen molar-refractivity contribution in [1.82, 2.24) is 0 Å². The van der Waals surface area contributed by atoms with Gasteiger partial charge in [0.15, 0.2) is 12.7 Å². The van der Waals surface area contributed by atoms with Crippen LogP contribution in [-0.2, 0) is 14.3 Å². The smallest absolute Gasteiger partial charge is 0.344 e. The molecule has 0 spiro atoms. The number of ether oxygens (including phenoxy) is 2. The molecule has 0 heterocycles. The Morgan fingerprint density at radius 3 is 2.54 bits per heavy atom. The normalized spacial score (nSPS) is 11.3. The Labute approximate surface area is 153 Å². The molecule has 0 fully saturated rings. The molecule has 2 aromatic carbocycles. The van der Waals surface area contributed by atoms with E-state index in [1.165, 1.54) is 37.3 Å². The lowest BCUT2D eigenvalue weighted by Gasteiger charge is -2.14. The van der Waals surface area contributed by atoms with Crippen molar-refractivity contribution in [3.05, 3.63) is 58.9 Å². The molecule has 0 aliphatic rings. The summed E-state index contributed by atoms with van der Waals surface area (Å²) in [6, 6.07) is 9.63. The summed E-state index contributed by atoms with van der Waals surface area (Å²) in [4.78, 5) is 34.3. The van der Waals surface area contributed by atoms with E-state index in [4.69, 9.17) is 21.1 Å². The van der Waals surface area contributed by atoms with E-state index in [-0.39, 0.29) is 10.7 Å². The minimum absolute atomic E-state index is 0.0268. The number of rotatable bonds is 7. The zero-order chi connectivity index (χ0) is 19.1. The quantitative estimate of drug-likeness (QED) is 0.590. The molecule has 0 saturated carbocycles. The third-order valence-corrected chi connectivity index (χ3v) is 3.55. The summed E-state index contributed by atoms with van der Waals surface area (Å²) >= 11 is 5.82. The van der Waals surface area contributed by atoms with Crippen molar-refractivity contribution in [2.75, 3.05) is 11.9 Å². The molecule has 0 aromatic heterocycles. The molecular weight excluding hydrogens is 365 g/mol. The standard InChI is InChI=1S/C18H15ClFNO5/c1-11(18(24)21-16-7-4-13(20)8-15(16)19)26-17(23)10-25-14-5-2-12(9-22)3-6-14/h2-9,11H,10H2,1H3,(H,21,24)/t11-/m0/s1. The largest absolute Gasteiger partial charge is 0.482 e. The second-order valence-electron chi connectivity index (χ2n) is 5.22. The Balaban J connectivity index is 1.83. The predicted octanol–water partition coefficient (Wildman–Crippen LogP) is 3.24. The monoisotopic (exact) mass is 379 g/mol. The summed E-state index contributed by atoms with van der Waals surface area (Å²) in [5.41, 5.74) is 0.678. The first kappa shape index (κ1) is 19.4. The maximum atomic E-state index is 13.0. The average Bonchev–Trinajstić information content (AvgIpc) is 2.62. The Hall–Kier alpha value is -2.93. The van der Waals surface area contributed by atoms with Gasteiger partial charge in [0.1, 0.15) is 17.9 Å². The Morgan fingerprint density at radius 2 is 1.92 bits per heavy atom. The first-order valence-corrected chi connectivity index (χ1v) is 7.90. The second kappa shape index (κ2) is 8.96. The zero-order valence-electron chi connectivity index (χ0n) is 13.7. The SMILES string of the molecule is C[C@H](OC(=O)COc1ccc(C=O)cc1)C(=O)Nc1ccc(F)cc1Cl. The molecule has 0 radical (unpaired) electrons. The van der Waals surface area contributed by atoms with Crippen LogP contribution in [0.2, 0.25) is 5.02 Å². The minimum Gasteiger partial charge on any atom is -0.482 e. The van der Waals surface area contributed by atoms with Crippen LogP contribution in [-0.4, -0.2) is 30.9 Å². The second-order valence-corrected chi connectivity index (χ2v) is 5.63. The van der Waals surface area contributed by atoms with Crippen molar-refractivity contribution >= 4 is 35.5 Å². The number of aldehydes is 1. The van der Waals surface area contributed by atoms with E-state index in [1.807, 2.05) is 0 Å². The van der Waals surface area contributed by atoms with Gasteiger partial charge in [-0.3, -0.25) is 9.59 Å². The Morgan fingerprint density at radius 1 is 1.23 bits per heavy atom. The van der Waals surface area contributed by atoms with Gasteiger partial charge in [0.25, 0.3) is 5.91 Å². The van der Waals surface area contributed by atoms with Crippen LogP contribution in [0, 0.1) is 5.82 Å². The van der Waals surface area contributed by atoms with Crippen LogP contribution in [0.15, 0.2) is 42.5 Å². The van der Waals surface area contributed by atoms with Gasteiger partial charge in [0.05, 0.1) is 10.7 Å². The third kappa shape index (κ3) is 5.56. The first-order valence-electron chi connectivity index (χ1n) is 7.52. The average molecular weight is 380 g/mol. The number of benzene rings is 2. The van der Waals surface area contributed by atoms with Crippen LogP contribution >= 0.6 is 11.6 Å². The number of amides is 1. The lowest BCUT2D eigenvalue weighted by atomic mass is 10.2. The molecule has 0 aliphatic carbocycles. The van der Waals surface area contributed by atoms with Gasteiger partial charge in [-0.1, -0.05) is 11.6 Å². The molecular formula is C18H15ClFNO5. The highest BCUT2D eigenvalue weighted by Gasteiger charge is 2.19. The van der Waals surface area contributed by atoms with Crippen LogP contribution in [0.3, 0.4) is 0 Å². The molecule has 0 saturated heterocycles. The molecule has 2 rings (SSSR count). The van der Waals surface area contributed by atoms with E-state index in [0.717, 1.165) is 12.1 Å². The fourth-order valence-corrected chi connectivity index (χ4v) is 2.11. The number of hydrogen-bond donors (Lipinski definition) is 1. The molecule has 26 heavy (non-hydrogen) atoms. The molecule has 0 unspecified atom stereocenters. The lowest BCUT2D eigenvalue weighted by molar-refractivity contribution is -0.155. The van der Waals surface area contributed by atoms with Crippen LogP contribution < -0.4 is 10.1 Å². The summed E-state index contributed by atoms with van der Waals surface area (Å²) in [7, 11) is 0. The van der Waals surface area contributed by atoms with Gasteiger partial charge in [-0.2, -0.15) is 0 Å². The van der Waals surface area contributed by atoms with Gasteiger partial charge >= 0.3 is 5.97 Å². The highest BCUT2D eigenvalue weighted by Crippen LogP contribution is 2.22. The maximum Gasteiger partial charge on any atom is 0.344 e. The summed E-state index contributed by atoms with van der Waals surface area (Å²) < 4.78 is 23.2. The molecule has 0 bridgehead atoms. The van der Waals surface area contributed by atoms with Gasteiger partial charge in [-0.25, -0.2) is 9.18 Å².